The van der Waals surface area contributed by atoms with E-state index < -0.39 is 0 Å². The number of carbonyl (C=O) groups excluding carboxylic acids is 1. The minimum absolute atomic E-state index is 0.0389. The first-order valence-corrected chi connectivity index (χ1v) is 7.64. The summed E-state index contributed by atoms with van der Waals surface area (Å²) in [5, 5.41) is 0. The van der Waals surface area contributed by atoms with Gasteiger partial charge in [0, 0.05) is 16.3 Å². The van der Waals surface area contributed by atoms with Crippen molar-refractivity contribution >= 4 is 21.7 Å². The first kappa shape index (κ1) is 12.2. The molecule has 17 heavy (non-hydrogen) atoms. The van der Waals surface area contributed by atoms with Crippen molar-refractivity contribution < 1.29 is 9.53 Å². The maximum absolute atomic E-state index is 12.5. The third kappa shape index (κ3) is 1.99. The van der Waals surface area contributed by atoms with Crippen LogP contribution in [0.15, 0.2) is 0 Å². The van der Waals surface area contributed by atoms with Crippen molar-refractivity contribution in [2.75, 3.05) is 13.2 Å². The van der Waals surface area contributed by atoms with E-state index in [-0.39, 0.29) is 9.74 Å². The molecule has 0 amide bonds. The third-order valence-corrected chi connectivity index (χ3v) is 5.95. The van der Waals surface area contributed by atoms with E-state index in [2.05, 4.69) is 15.9 Å². The van der Waals surface area contributed by atoms with Crippen LogP contribution in [0.1, 0.15) is 45.4 Å². The van der Waals surface area contributed by atoms with Gasteiger partial charge in [0.2, 0.25) is 0 Å². The Bertz CT molecular complexity index is 325. The molecule has 2 atom stereocenters. The van der Waals surface area contributed by atoms with Gasteiger partial charge in [-0.2, -0.15) is 0 Å². The van der Waals surface area contributed by atoms with Crippen molar-refractivity contribution in [2.45, 2.75) is 49.8 Å². The normalized spacial score (nSPS) is 47.4. The molecule has 4 rings (SSSR count). The number of ether oxygens (including phenoxy) is 1. The predicted molar refractivity (Wildman–Crippen MR) is 70.3 cm³/mol. The largest absolute Gasteiger partial charge is 0.374 e. The van der Waals surface area contributed by atoms with E-state index in [1.165, 1.54) is 19.3 Å². The highest BCUT2D eigenvalue weighted by Gasteiger charge is 2.59. The van der Waals surface area contributed by atoms with Gasteiger partial charge in [0.25, 0.3) is 0 Å². The Kier molecular flexibility index (Phi) is 2.90. The zero-order chi connectivity index (χ0) is 12.1. The van der Waals surface area contributed by atoms with E-state index >= 15 is 0 Å². The fourth-order valence-corrected chi connectivity index (χ4v) is 6.28. The van der Waals surface area contributed by atoms with Crippen LogP contribution in [0.4, 0.5) is 0 Å². The quantitative estimate of drug-likeness (QED) is 0.745. The summed E-state index contributed by atoms with van der Waals surface area (Å²) in [6.07, 6.45) is 7.24. The fourth-order valence-electron chi connectivity index (χ4n) is 4.82. The van der Waals surface area contributed by atoms with Gasteiger partial charge in [-0.3, -0.25) is 4.79 Å². The van der Waals surface area contributed by atoms with Crippen molar-refractivity contribution in [3.8, 4) is 0 Å². The second-order valence-electron chi connectivity index (χ2n) is 6.45. The van der Waals surface area contributed by atoms with Crippen molar-refractivity contribution in [2.24, 2.45) is 17.3 Å². The van der Waals surface area contributed by atoms with Gasteiger partial charge in [-0.25, -0.2) is 0 Å². The lowest BCUT2D eigenvalue weighted by atomic mass is 9.48. The average molecular weight is 301 g/mol. The molecule has 4 fully saturated rings. The summed E-state index contributed by atoms with van der Waals surface area (Å²) >= 11 is 3.94. The van der Waals surface area contributed by atoms with E-state index in [0.717, 1.165) is 31.1 Å². The smallest absolute Gasteiger partial charge is 0.164 e. The van der Waals surface area contributed by atoms with E-state index in [4.69, 9.17) is 4.74 Å². The van der Waals surface area contributed by atoms with Crippen molar-refractivity contribution in [1.82, 2.24) is 0 Å². The molecular formula is C14H21BrO2. The summed E-state index contributed by atoms with van der Waals surface area (Å²) in [6, 6.07) is 0. The number of hydrogen-bond donors (Lipinski definition) is 0. The van der Waals surface area contributed by atoms with Gasteiger partial charge in [0.1, 0.15) is 6.61 Å². The van der Waals surface area contributed by atoms with Gasteiger partial charge >= 0.3 is 0 Å². The zero-order valence-electron chi connectivity index (χ0n) is 10.5. The molecule has 2 nitrogen and oxygen atoms in total. The van der Waals surface area contributed by atoms with Crippen LogP contribution in [0.5, 0.6) is 0 Å². The highest BCUT2D eigenvalue weighted by Crippen LogP contribution is 2.64. The van der Waals surface area contributed by atoms with E-state index in [1.54, 1.807) is 0 Å². The highest BCUT2D eigenvalue weighted by atomic mass is 79.9. The molecule has 3 heteroatoms. The first-order valence-electron chi connectivity index (χ1n) is 6.85. The zero-order valence-corrected chi connectivity index (χ0v) is 12.1. The maximum Gasteiger partial charge on any atom is 0.164 e. The third-order valence-electron chi connectivity index (χ3n) is 5.02. The molecule has 4 saturated carbocycles. The van der Waals surface area contributed by atoms with Crippen LogP contribution in [-0.2, 0) is 9.53 Å². The van der Waals surface area contributed by atoms with E-state index in [0.29, 0.717) is 19.0 Å². The molecule has 0 aliphatic heterocycles. The monoisotopic (exact) mass is 300 g/mol. The van der Waals surface area contributed by atoms with Crippen LogP contribution in [0.3, 0.4) is 0 Å². The van der Waals surface area contributed by atoms with Gasteiger partial charge in [0.05, 0.1) is 0 Å². The summed E-state index contributed by atoms with van der Waals surface area (Å²) in [6.45, 7) is 2.94. The maximum atomic E-state index is 12.5. The molecule has 2 unspecified atom stereocenters. The summed E-state index contributed by atoms with van der Waals surface area (Å²) in [4.78, 5) is 12.5. The van der Waals surface area contributed by atoms with E-state index in [9.17, 15) is 4.79 Å². The Labute approximate surface area is 112 Å². The summed E-state index contributed by atoms with van der Waals surface area (Å²) in [5.41, 5.74) is -0.0389. The molecule has 0 N–H and O–H groups in total. The molecule has 0 spiro atoms. The van der Waals surface area contributed by atoms with Gasteiger partial charge in [-0.15, -0.1) is 0 Å². The lowest BCUT2D eigenvalue weighted by molar-refractivity contribution is -0.146. The molecule has 0 heterocycles. The SMILES string of the molecule is CCOCC(=O)C12CC3CC(CC(Br)(C3)C1)C2. The molecular weight excluding hydrogens is 280 g/mol. The molecule has 0 aromatic rings. The fraction of sp³-hybridized carbons (Fsp3) is 0.929. The second-order valence-corrected chi connectivity index (χ2v) is 8.13. The minimum atomic E-state index is -0.0389. The predicted octanol–water partition coefficient (Wildman–Crippen LogP) is 3.33. The van der Waals surface area contributed by atoms with Gasteiger partial charge in [0.15, 0.2) is 5.78 Å². The number of carbonyl (C=O) groups is 1. The topological polar surface area (TPSA) is 26.3 Å². The Morgan fingerprint density at radius 3 is 2.47 bits per heavy atom. The standard InChI is InChI=1S/C14H21BrO2/c1-2-17-8-12(16)13-4-10-3-11(5-13)7-14(15,6-10)9-13/h10-11H,2-9H2,1H3. The molecule has 96 valence electrons. The number of alkyl halides is 1. The van der Waals surface area contributed by atoms with Crippen LogP contribution < -0.4 is 0 Å². The van der Waals surface area contributed by atoms with Crippen LogP contribution in [0.2, 0.25) is 0 Å². The number of rotatable bonds is 4. The number of hydrogen-bond acceptors (Lipinski definition) is 2. The lowest BCUT2D eigenvalue weighted by Crippen LogP contribution is -2.56. The molecule has 0 aromatic carbocycles. The van der Waals surface area contributed by atoms with E-state index in [1.807, 2.05) is 6.92 Å². The van der Waals surface area contributed by atoms with Gasteiger partial charge in [-0.1, -0.05) is 15.9 Å². The Balaban J connectivity index is 1.81. The Morgan fingerprint density at radius 1 is 1.29 bits per heavy atom. The van der Waals surface area contributed by atoms with Gasteiger partial charge < -0.3 is 4.74 Å². The Morgan fingerprint density at radius 2 is 1.94 bits per heavy atom. The molecule has 0 saturated heterocycles. The lowest BCUT2D eigenvalue weighted by Gasteiger charge is -2.59. The van der Waals surface area contributed by atoms with Gasteiger partial charge in [-0.05, 0) is 57.3 Å². The average Bonchev–Trinajstić information content (AvgIpc) is 2.22. The van der Waals surface area contributed by atoms with Crippen LogP contribution in [0.25, 0.3) is 0 Å². The molecule has 0 aromatic heterocycles. The summed E-state index contributed by atoms with van der Waals surface area (Å²) in [7, 11) is 0. The minimum Gasteiger partial charge on any atom is -0.374 e. The van der Waals surface area contributed by atoms with Crippen LogP contribution >= 0.6 is 15.9 Å². The van der Waals surface area contributed by atoms with Crippen molar-refractivity contribution in [3.63, 3.8) is 0 Å². The molecule has 4 aliphatic rings. The summed E-state index contributed by atoms with van der Waals surface area (Å²) in [5.74, 6) is 1.93. The number of halogens is 1. The second kappa shape index (κ2) is 4.06. The summed E-state index contributed by atoms with van der Waals surface area (Å²) < 4.78 is 5.63. The van der Waals surface area contributed by atoms with Crippen LogP contribution in [-0.4, -0.2) is 23.3 Å². The molecule has 4 aliphatic carbocycles. The van der Waals surface area contributed by atoms with Crippen molar-refractivity contribution in [3.05, 3.63) is 0 Å². The number of ketones is 1. The molecule has 4 bridgehead atoms. The van der Waals surface area contributed by atoms with Crippen LogP contribution in [0, 0.1) is 17.3 Å². The molecule has 0 radical (unpaired) electrons. The van der Waals surface area contributed by atoms with Crippen molar-refractivity contribution in [1.29, 1.82) is 0 Å². The number of Topliss-reactive ketones (excluding diaryl/α,β-unsaturated/α-hetero) is 1. The Hall–Kier alpha value is 0.110. The highest BCUT2D eigenvalue weighted by molar-refractivity contribution is 9.10. The first-order chi connectivity index (χ1) is 8.05.